The van der Waals surface area contributed by atoms with Crippen molar-refractivity contribution >= 4 is 34.0 Å². The van der Waals surface area contributed by atoms with Gasteiger partial charge in [0.15, 0.2) is 6.61 Å². The number of hydrogen-bond acceptors (Lipinski definition) is 8. The molecule has 2 aromatic rings. The smallest absolute Gasteiger partial charge is 0.406 e. The number of carbonyl (C=O) groups is 2. The van der Waals surface area contributed by atoms with Crippen LogP contribution >= 0.6 is 11.3 Å². The highest BCUT2D eigenvalue weighted by molar-refractivity contribution is 7.16. The zero-order valence-corrected chi connectivity index (χ0v) is 16.1. The SMILES string of the molecule is CCOC(=O)c1c(NC(=O)COc2ccc(C)nc2[N+](=O)[O-])sc(C)c1C. The minimum Gasteiger partial charge on any atom is -0.476 e. The van der Waals surface area contributed by atoms with Crippen LogP contribution in [-0.4, -0.2) is 35.0 Å². The molecule has 1 amide bonds. The zero-order valence-electron chi connectivity index (χ0n) is 15.3. The molecule has 0 aromatic carbocycles. The Labute approximate surface area is 159 Å². The second-order valence-electron chi connectivity index (χ2n) is 5.58. The Morgan fingerprint density at radius 1 is 1.30 bits per heavy atom. The number of esters is 1. The average Bonchev–Trinajstić information content (AvgIpc) is 2.87. The van der Waals surface area contributed by atoms with Crippen molar-refractivity contribution in [1.82, 2.24) is 4.98 Å². The second kappa shape index (κ2) is 8.58. The summed E-state index contributed by atoms with van der Waals surface area (Å²) in [5.41, 5.74) is 1.49. The number of nitrogens with zero attached hydrogens (tertiary/aromatic N) is 2. The molecule has 0 atom stereocenters. The molecule has 2 aromatic heterocycles. The van der Waals surface area contributed by atoms with Crippen molar-refractivity contribution in [2.24, 2.45) is 0 Å². The molecule has 0 spiro atoms. The predicted octanol–water partition coefficient (Wildman–Crippen LogP) is 3.17. The number of ether oxygens (including phenoxy) is 2. The van der Waals surface area contributed by atoms with E-state index in [-0.39, 0.29) is 12.4 Å². The minimum atomic E-state index is -0.676. The number of carbonyl (C=O) groups excluding carboxylic acids is 2. The molecule has 10 heteroatoms. The van der Waals surface area contributed by atoms with Gasteiger partial charge in [-0.3, -0.25) is 4.79 Å². The van der Waals surface area contributed by atoms with Gasteiger partial charge in [0.1, 0.15) is 10.7 Å². The molecule has 0 unspecified atom stereocenters. The molecule has 0 bridgehead atoms. The number of aromatic nitrogens is 1. The van der Waals surface area contributed by atoms with E-state index in [1.807, 2.05) is 6.92 Å². The van der Waals surface area contributed by atoms with Gasteiger partial charge < -0.3 is 24.9 Å². The summed E-state index contributed by atoms with van der Waals surface area (Å²) in [6.45, 7) is 6.66. The van der Waals surface area contributed by atoms with Crippen LogP contribution in [0.1, 0.15) is 33.4 Å². The molecule has 27 heavy (non-hydrogen) atoms. The highest BCUT2D eigenvalue weighted by atomic mass is 32.1. The first-order chi connectivity index (χ1) is 12.7. The van der Waals surface area contributed by atoms with E-state index in [0.29, 0.717) is 16.3 Å². The maximum Gasteiger partial charge on any atom is 0.406 e. The molecule has 0 fully saturated rings. The number of rotatable bonds is 7. The number of anilines is 1. The number of thiophene rings is 1. The summed E-state index contributed by atoms with van der Waals surface area (Å²) in [4.78, 5) is 39.4. The summed E-state index contributed by atoms with van der Waals surface area (Å²) < 4.78 is 10.3. The number of hydrogen-bond donors (Lipinski definition) is 1. The lowest BCUT2D eigenvalue weighted by Crippen LogP contribution is -2.21. The molecular formula is C17H19N3O6S. The molecule has 0 radical (unpaired) electrons. The van der Waals surface area contributed by atoms with Gasteiger partial charge in [0.25, 0.3) is 5.91 Å². The van der Waals surface area contributed by atoms with Gasteiger partial charge in [-0.15, -0.1) is 11.3 Å². The lowest BCUT2D eigenvalue weighted by atomic mass is 10.1. The molecule has 2 rings (SSSR count). The zero-order chi connectivity index (χ0) is 20.1. The summed E-state index contributed by atoms with van der Waals surface area (Å²) >= 11 is 1.25. The van der Waals surface area contributed by atoms with Crippen molar-refractivity contribution in [3.8, 4) is 5.75 Å². The van der Waals surface area contributed by atoms with Crippen LogP contribution in [0, 0.1) is 30.9 Å². The Hall–Kier alpha value is -3.01. The number of aryl methyl sites for hydroxylation is 2. The maximum atomic E-state index is 12.2. The van der Waals surface area contributed by atoms with Crippen molar-refractivity contribution in [3.05, 3.63) is 43.9 Å². The van der Waals surface area contributed by atoms with E-state index in [4.69, 9.17) is 9.47 Å². The minimum absolute atomic E-state index is 0.107. The average molecular weight is 393 g/mol. The fourth-order valence-corrected chi connectivity index (χ4v) is 3.31. The largest absolute Gasteiger partial charge is 0.476 e. The normalized spacial score (nSPS) is 10.4. The van der Waals surface area contributed by atoms with Crippen LogP contribution in [0.2, 0.25) is 0 Å². The first kappa shape index (κ1) is 20.3. The van der Waals surface area contributed by atoms with Gasteiger partial charge in [0, 0.05) is 11.8 Å². The van der Waals surface area contributed by atoms with Crippen LogP contribution in [0.5, 0.6) is 5.75 Å². The van der Waals surface area contributed by atoms with Gasteiger partial charge in [-0.25, -0.2) is 4.79 Å². The summed E-state index contributed by atoms with van der Waals surface area (Å²) in [5.74, 6) is -1.65. The fourth-order valence-electron chi connectivity index (χ4n) is 2.24. The number of nitrogens with one attached hydrogen (secondary N) is 1. The van der Waals surface area contributed by atoms with Gasteiger partial charge in [0.05, 0.1) is 12.2 Å². The highest BCUT2D eigenvalue weighted by Gasteiger charge is 2.23. The van der Waals surface area contributed by atoms with Gasteiger partial charge in [0.2, 0.25) is 5.75 Å². The van der Waals surface area contributed by atoms with Crippen molar-refractivity contribution in [2.45, 2.75) is 27.7 Å². The van der Waals surface area contributed by atoms with Crippen molar-refractivity contribution in [2.75, 3.05) is 18.5 Å². The third-order valence-electron chi connectivity index (χ3n) is 3.63. The first-order valence-corrected chi connectivity index (χ1v) is 8.88. The predicted molar refractivity (Wildman–Crippen MR) is 99.5 cm³/mol. The lowest BCUT2D eigenvalue weighted by Gasteiger charge is -2.08. The van der Waals surface area contributed by atoms with Gasteiger partial charge in [-0.1, -0.05) is 0 Å². The van der Waals surface area contributed by atoms with Crippen LogP contribution in [-0.2, 0) is 9.53 Å². The molecule has 0 saturated heterocycles. The van der Waals surface area contributed by atoms with E-state index in [9.17, 15) is 19.7 Å². The Bertz CT molecular complexity index is 893. The highest BCUT2D eigenvalue weighted by Crippen LogP contribution is 2.33. The van der Waals surface area contributed by atoms with Gasteiger partial charge in [-0.05, 0) is 48.4 Å². The van der Waals surface area contributed by atoms with Crippen molar-refractivity contribution in [1.29, 1.82) is 0 Å². The summed E-state index contributed by atoms with van der Waals surface area (Å²) in [6.07, 6.45) is 0. The third kappa shape index (κ3) is 4.79. The van der Waals surface area contributed by atoms with Gasteiger partial charge >= 0.3 is 11.8 Å². The molecule has 0 aliphatic heterocycles. The Balaban J connectivity index is 2.13. The van der Waals surface area contributed by atoms with Crippen LogP contribution in [0.15, 0.2) is 12.1 Å². The fraction of sp³-hybridized carbons (Fsp3) is 0.353. The Morgan fingerprint density at radius 2 is 2.00 bits per heavy atom. The first-order valence-electron chi connectivity index (χ1n) is 8.06. The molecule has 0 aliphatic carbocycles. The molecule has 2 heterocycles. The van der Waals surface area contributed by atoms with Gasteiger partial charge in [-0.2, -0.15) is 0 Å². The monoisotopic (exact) mass is 393 g/mol. The van der Waals surface area contributed by atoms with Crippen LogP contribution in [0.3, 0.4) is 0 Å². The molecule has 9 nitrogen and oxygen atoms in total. The molecular weight excluding hydrogens is 374 g/mol. The molecule has 0 saturated carbocycles. The van der Waals surface area contributed by atoms with Crippen molar-refractivity contribution < 1.29 is 24.0 Å². The quantitative estimate of drug-likeness (QED) is 0.436. The van der Waals surface area contributed by atoms with E-state index in [2.05, 4.69) is 10.3 Å². The van der Waals surface area contributed by atoms with E-state index in [1.165, 1.54) is 17.4 Å². The topological polar surface area (TPSA) is 121 Å². The van der Waals surface area contributed by atoms with Crippen LogP contribution < -0.4 is 10.1 Å². The van der Waals surface area contributed by atoms with Crippen molar-refractivity contribution in [3.63, 3.8) is 0 Å². The Kier molecular flexibility index (Phi) is 6.45. The summed E-state index contributed by atoms with van der Waals surface area (Å²) in [7, 11) is 0. The summed E-state index contributed by atoms with van der Waals surface area (Å²) in [5, 5.41) is 14.0. The number of amides is 1. The summed E-state index contributed by atoms with van der Waals surface area (Å²) in [6, 6.07) is 2.93. The third-order valence-corrected chi connectivity index (χ3v) is 4.75. The molecule has 0 aliphatic rings. The second-order valence-corrected chi connectivity index (χ2v) is 6.80. The lowest BCUT2D eigenvalue weighted by molar-refractivity contribution is -0.390. The number of pyridine rings is 1. The standard InChI is InChI=1S/C17H19N3O6S/c1-5-25-17(22)14-10(3)11(4)27-16(14)19-13(21)8-26-12-7-6-9(2)18-15(12)20(23)24/h6-7H,5,8H2,1-4H3,(H,19,21). The van der Waals surface area contributed by atoms with E-state index >= 15 is 0 Å². The molecule has 1 N–H and O–H groups in total. The number of nitro groups is 1. The van der Waals surface area contributed by atoms with E-state index in [1.54, 1.807) is 26.8 Å². The van der Waals surface area contributed by atoms with Crippen LogP contribution in [0.25, 0.3) is 0 Å². The van der Waals surface area contributed by atoms with E-state index in [0.717, 1.165) is 10.4 Å². The maximum absolute atomic E-state index is 12.2. The van der Waals surface area contributed by atoms with Crippen LogP contribution in [0.4, 0.5) is 10.8 Å². The molecule has 144 valence electrons. The Morgan fingerprint density at radius 3 is 2.63 bits per heavy atom. The van der Waals surface area contributed by atoms with E-state index < -0.39 is 29.2 Å².